The summed E-state index contributed by atoms with van der Waals surface area (Å²) in [4.78, 5) is 0. The van der Waals surface area contributed by atoms with Gasteiger partial charge >= 0.3 is 7.69 Å². The van der Waals surface area contributed by atoms with E-state index in [4.69, 9.17) is 9.68 Å². The van der Waals surface area contributed by atoms with Gasteiger partial charge in [0.15, 0.2) is 0 Å². The monoisotopic (exact) mass is 373 g/mol. The Morgan fingerprint density at radius 2 is 1.24 bits per heavy atom. The second kappa shape index (κ2) is 6.10. The molecule has 0 fully saturated rings. The molecule has 29 heavy (non-hydrogen) atoms. The molecule has 0 amide bonds. The maximum atomic E-state index is 9.12. The molecule has 0 saturated carbocycles. The van der Waals surface area contributed by atoms with Gasteiger partial charge in [0.05, 0.1) is 5.41 Å². The molecule has 1 radical (unpaired) electrons. The molecular weight excluding hydrogens is 355 g/mol. The Morgan fingerprint density at radius 1 is 0.655 bits per heavy atom. The Morgan fingerprint density at radius 3 is 1.93 bits per heavy atom. The lowest BCUT2D eigenvalue weighted by Gasteiger charge is -2.40. The Balaban J connectivity index is 1.78. The van der Waals surface area contributed by atoms with E-state index in [0.717, 1.165) is 19.7 Å². The highest BCUT2D eigenvalue weighted by Gasteiger charge is 2.49. The molecule has 1 spiro atoms. The van der Waals surface area contributed by atoms with Gasteiger partial charge in [-0.1, -0.05) is 78.9 Å². The zero-order valence-corrected chi connectivity index (χ0v) is 15.8. The van der Waals surface area contributed by atoms with Gasteiger partial charge in [0.25, 0.3) is 0 Å². The quantitative estimate of drug-likeness (QED) is 0.440. The first-order valence-electron chi connectivity index (χ1n) is 9.88. The van der Waals surface area contributed by atoms with Crippen LogP contribution in [-0.2, 0) is 11.8 Å². The molecule has 0 aromatic heterocycles. The van der Waals surface area contributed by atoms with E-state index in [1.165, 1.54) is 38.9 Å². The van der Waals surface area contributed by atoms with Gasteiger partial charge in [-0.3, -0.25) is 0 Å². The van der Waals surface area contributed by atoms with Gasteiger partial charge in [0.1, 0.15) is 5.75 Å². The minimum absolute atomic E-state index is 0.335. The number of hydrogen-bond acceptors (Lipinski definition) is 2. The van der Waals surface area contributed by atoms with Crippen molar-refractivity contribution in [2.75, 3.05) is 0 Å². The van der Waals surface area contributed by atoms with Crippen molar-refractivity contribution in [3.63, 3.8) is 0 Å². The van der Waals surface area contributed by atoms with Gasteiger partial charge in [-0.2, -0.15) is 0 Å². The van der Waals surface area contributed by atoms with E-state index >= 15 is 0 Å². The van der Waals surface area contributed by atoms with Crippen LogP contribution in [0.1, 0.15) is 33.4 Å². The molecular formula is C26H18BO2. The molecule has 1 N–H and O–H groups in total. The lowest BCUT2D eigenvalue weighted by Crippen LogP contribution is -2.34. The van der Waals surface area contributed by atoms with Crippen LogP contribution in [0.5, 0.6) is 5.75 Å². The molecule has 0 unspecified atom stereocenters. The summed E-state index contributed by atoms with van der Waals surface area (Å²) in [6, 6.07) is 32.4. The lowest BCUT2D eigenvalue weighted by molar-refractivity contribution is 0.454. The van der Waals surface area contributed by atoms with Crippen molar-refractivity contribution in [2.24, 2.45) is 0 Å². The van der Waals surface area contributed by atoms with Crippen LogP contribution in [0.3, 0.4) is 0 Å². The van der Waals surface area contributed by atoms with Crippen LogP contribution in [0.4, 0.5) is 0 Å². The summed E-state index contributed by atoms with van der Waals surface area (Å²) in [6.45, 7) is 0. The topological polar surface area (TPSA) is 29.5 Å². The maximum absolute atomic E-state index is 9.12. The molecule has 2 aliphatic rings. The van der Waals surface area contributed by atoms with Crippen LogP contribution in [0, 0.1) is 0 Å². The summed E-state index contributed by atoms with van der Waals surface area (Å²) in [5.74, 6) is 0.635. The van der Waals surface area contributed by atoms with Crippen molar-refractivity contribution in [2.45, 2.75) is 11.8 Å². The molecule has 3 heteroatoms. The Bertz CT molecular complexity index is 1220. The minimum Gasteiger partial charge on any atom is -0.537 e. The van der Waals surface area contributed by atoms with Crippen LogP contribution in [0.15, 0.2) is 91.0 Å². The first kappa shape index (κ1) is 16.6. The van der Waals surface area contributed by atoms with Gasteiger partial charge < -0.3 is 9.68 Å². The van der Waals surface area contributed by atoms with E-state index in [2.05, 4.69) is 78.9 Å². The Labute approximate surface area is 170 Å². The van der Waals surface area contributed by atoms with Gasteiger partial charge in [0, 0.05) is 0 Å². The third-order valence-corrected chi connectivity index (χ3v) is 6.43. The van der Waals surface area contributed by atoms with Crippen molar-refractivity contribution >= 4 is 7.69 Å². The molecule has 0 heterocycles. The van der Waals surface area contributed by atoms with E-state index in [1.807, 2.05) is 12.1 Å². The Hall–Kier alpha value is -3.30. The van der Waals surface area contributed by atoms with Gasteiger partial charge in [-0.05, 0) is 63.1 Å². The van der Waals surface area contributed by atoms with E-state index in [1.54, 1.807) is 0 Å². The highest BCUT2D eigenvalue weighted by atomic mass is 16.5. The molecule has 6 rings (SSSR count). The van der Waals surface area contributed by atoms with Crippen LogP contribution < -0.4 is 4.65 Å². The van der Waals surface area contributed by atoms with Crippen molar-refractivity contribution in [1.29, 1.82) is 0 Å². The van der Waals surface area contributed by atoms with Crippen molar-refractivity contribution in [3.05, 3.63) is 124 Å². The largest absolute Gasteiger partial charge is 0.569 e. The average molecular weight is 373 g/mol. The smallest absolute Gasteiger partial charge is 0.537 e. The Kier molecular flexibility index (Phi) is 3.50. The van der Waals surface area contributed by atoms with Gasteiger partial charge in [-0.25, -0.2) is 0 Å². The van der Waals surface area contributed by atoms with Crippen LogP contribution in [0.25, 0.3) is 11.1 Å². The van der Waals surface area contributed by atoms with Crippen molar-refractivity contribution in [1.82, 2.24) is 0 Å². The van der Waals surface area contributed by atoms with Gasteiger partial charge in [0.2, 0.25) is 0 Å². The zero-order valence-electron chi connectivity index (χ0n) is 15.8. The summed E-state index contributed by atoms with van der Waals surface area (Å²) in [7, 11) is 0.740. The fourth-order valence-corrected chi connectivity index (χ4v) is 5.41. The first-order chi connectivity index (χ1) is 14.3. The molecule has 0 bridgehead atoms. The minimum atomic E-state index is -0.335. The number of hydrogen-bond donors (Lipinski definition) is 1. The number of fused-ring (bicyclic) bond motifs is 9. The second-order valence-corrected chi connectivity index (χ2v) is 7.72. The SMILES string of the molecule is O[B]Oc1ccc2c(c1)-c1ccccc1C21c2ccccc2Cc2ccccc21. The fraction of sp³-hybridized carbons (Fsp3) is 0.0769. The van der Waals surface area contributed by atoms with Crippen LogP contribution in [0.2, 0.25) is 0 Å². The summed E-state index contributed by atoms with van der Waals surface area (Å²) in [5, 5.41) is 9.12. The van der Waals surface area contributed by atoms with E-state index in [0.29, 0.717) is 5.75 Å². The van der Waals surface area contributed by atoms with Gasteiger partial charge in [-0.15, -0.1) is 0 Å². The first-order valence-corrected chi connectivity index (χ1v) is 9.88. The van der Waals surface area contributed by atoms with E-state index < -0.39 is 0 Å². The predicted molar refractivity (Wildman–Crippen MR) is 115 cm³/mol. The lowest BCUT2D eigenvalue weighted by atomic mass is 9.61. The highest BCUT2D eigenvalue weighted by molar-refractivity contribution is 6.17. The molecule has 0 aliphatic heterocycles. The van der Waals surface area contributed by atoms with Crippen LogP contribution >= 0.6 is 0 Å². The van der Waals surface area contributed by atoms with E-state index in [-0.39, 0.29) is 5.41 Å². The fourth-order valence-electron chi connectivity index (χ4n) is 5.41. The summed E-state index contributed by atoms with van der Waals surface area (Å²) < 4.78 is 5.29. The third-order valence-electron chi connectivity index (χ3n) is 6.43. The molecule has 0 atom stereocenters. The average Bonchev–Trinajstić information content (AvgIpc) is 3.05. The molecule has 4 aromatic rings. The van der Waals surface area contributed by atoms with Crippen molar-refractivity contribution < 1.29 is 9.68 Å². The summed E-state index contributed by atoms with van der Waals surface area (Å²) in [5.41, 5.74) is 10.1. The number of rotatable bonds is 2. The summed E-state index contributed by atoms with van der Waals surface area (Å²) >= 11 is 0. The molecule has 2 nitrogen and oxygen atoms in total. The molecule has 4 aromatic carbocycles. The second-order valence-electron chi connectivity index (χ2n) is 7.72. The van der Waals surface area contributed by atoms with Crippen LogP contribution in [-0.4, -0.2) is 12.7 Å². The normalized spacial score (nSPS) is 14.5. The van der Waals surface area contributed by atoms with E-state index in [9.17, 15) is 0 Å². The third kappa shape index (κ3) is 2.11. The zero-order chi connectivity index (χ0) is 19.4. The maximum Gasteiger partial charge on any atom is 0.569 e. The molecule has 137 valence electrons. The summed E-state index contributed by atoms with van der Waals surface area (Å²) in [6.07, 6.45) is 0.951. The molecule has 0 saturated heterocycles. The van der Waals surface area contributed by atoms with Crippen molar-refractivity contribution in [3.8, 4) is 16.9 Å². The standard InChI is InChI=1S/C26H18BO2/c28-27-29-19-13-14-25-21(16-19)20-9-3-6-12-24(20)26(25)22-10-4-1-7-17(22)15-18-8-2-5-11-23(18)26/h1-14,16,28H,15H2. The predicted octanol–water partition coefficient (Wildman–Crippen LogP) is 4.86. The molecule has 2 aliphatic carbocycles. The highest BCUT2D eigenvalue weighted by Crippen LogP contribution is 2.59. The number of benzene rings is 4.